The molecule has 1 unspecified atom stereocenters. The number of rotatable bonds is 5. The number of nitrogens with zero attached hydrogens (tertiary/aromatic N) is 1. The van der Waals surface area contributed by atoms with Crippen LogP contribution in [0.4, 0.5) is 10.1 Å². The SMILES string of the molecule is O=C(NCCc1cccc(Cl)c1)C1CCC(=O)N1c1ccc(F)cc1. The summed E-state index contributed by atoms with van der Waals surface area (Å²) in [6, 6.07) is 12.5. The monoisotopic (exact) mass is 360 g/mol. The fraction of sp³-hybridized carbons (Fsp3) is 0.263. The molecule has 2 amide bonds. The smallest absolute Gasteiger partial charge is 0.243 e. The van der Waals surface area contributed by atoms with E-state index in [1.807, 2.05) is 18.2 Å². The van der Waals surface area contributed by atoms with Crippen LogP contribution in [0, 0.1) is 5.82 Å². The molecule has 1 N–H and O–H groups in total. The second kappa shape index (κ2) is 7.66. The average Bonchev–Trinajstić information content (AvgIpc) is 2.97. The van der Waals surface area contributed by atoms with E-state index in [4.69, 9.17) is 11.6 Å². The maximum absolute atomic E-state index is 13.1. The van der Waals surface area contributed by atoms with Gasteiger partial charge in [0.25, 0.3) is 0 Å². The van der Waals surface area contributed by atoms with Crippen LogP contribution in [-0.4, -0.2) is 24.4 Å². The van der Waals surface area contributed by atoms with E-state index < -0.39 is 6.04 Å². The summed E-state index contributed by atoms with van der Waals surface area (Å²) in [6.07, 6.45) is 1.42. The molecule has 0 aromatic heterocycles. The summed E-state index contributed by atoms with van der Waals surface area (Å²) < 4.78 is 13.1. The van der Waals surface area contributed by atoms with Crippen molar-refractivity contribution in [3.05, 3.63) is 64.9 Å². The zero-order valence-electron chi connectivity index (χ0n) is 13.5. The lowest BCUT2D eigenvalue weighted by molar-refractivity contribution is -0.123. The molecule has 1 saturated heterocycles. The number of nitrogens with one attached hydrogen (secondary N) is 1. The fourth-order valence-electron chi connectivity index (χ4n) is 3.00. The summed E-state index contributed by atoms with van der Waals surface area (Å²) in [5, 5.41) is 3.53. The van der Waals surface area contributed by atoms with Crippen LogP contribution < -0.4 is 10.2 Å². The van der Waals surface area contributed by atoms with E-state index in [2.05, 4.69) is 5.32 Å². The number of benzene rings is 2. The van der Waals surface area contributed by atoms with Gasteiger partial charge < -0.3 is 5.32 Å². The van der Waals surface area contributed by atoms with Gasteiger partial charge in [-0.1, -0.05) is 23.7 Å². The molecule has 4 nitrogen and oxygen atoms in total. The third kappa shape index (κ3) is 4.17. The first-order valence-electron chi connectivity index (χ1n) is 8.14. The number of halogens is 2. The van der Waals surface area contributed by atoms with Gasteiger partial charge in [0, 0.05) is 23.7 Å². The maximum atomic E-state index is 13.1. The lowest BCUT2D eigenvalue weighted by Gasteiger charge is -2.24. The first-order valence-corrected chi connectivity index (χ1v) is 8.52. The highest BCUT2D eigenvalue weighted by molar-refractivity contribution is 6.30. The standard InChI is InChI=1S/C19H18ClFN2O2/c20-14-3-1-2-13(12-14)10-11-22-19(25)17-8-9-18(24)23(17)16-6-4-15(21)5-7-16/h1-7,12,17H,8-11H2,(H,22,25). The van der Waals surface area contributed by atoms with E-state index in [1.54, 1.807) is 6.07 Å². The summed E-state index contributed by atoms with van der Waals surface area (Å²) in [4.78, 5) is 26.1. The second-order valence-electron chi connectivity index (χ2n) is 5.97. The summed E-state index contributed by atoms with van der Waals surface area (Å²) in [7, 11) is 0. The normalized spacial score (nSPS) is 17.0. The molecule has 1 atom stereocenters. The number of hydrogen-bond donors (Lipinski definition) is 1. The lowest BCUT2D eigenvalue weighted by Crippen LogP contribution is -2.45. The minimum Gasteiger partial charge on any atom is -0.354 e. The zero-order valence-corrected chi connectivity index (χ0v) is 14.3. The van der Waals surface area contributed by atoms with Gasteiger partial charge in [-0.05, 0) is 54.8 Å². The minimum atomic E-state index is -0.558. The highest BCUT2D eigenvalue weighted by atomic mass is 35.5. The van der Waals surface area contributed by atoms with Gasteiger partial charge in [-0.15, -0.1) is 0 Å². The molecule has 2 aromatic carbocycles. The van der Waals surface area contributed by atoms with Crippen molar-refractivity contribution in [2.45, 2.75) is 25.3 Å². The Labute approximate surface area is 150 Å². The van der Waals surface area contributed by atoms with E-state index >= 15 is 0 Å². The predicted molar refractivity (Wildman–Crippen MR) is 95.1 cm³/mol. The van der Waals surface area contributed by atoms with Gasteiger partial charge in [0.15, 0.2) is 0 Å². The molecule has 2 aromatic rings. The van der Waals surface area contributed by atoms with Crippen molar-refractivity contribution in [2.24, 2.45) is 0 Å². The molecule has 0 bridgehead atoms. The van der Waals surface area contributed by atoms with Gasteiger partial charge in [0.05, 0.1) is 0 Å². The first-order chi connectivity index (χ1) is 12.0. The van der Waals surface area contributed by atoms with Gasteiger partial charge >= 0.3 is 0 Å². The van der Waals surface area contributed by atoms with Crippen LogP contribution >= 0.6 is 11.6 Å². The van der Waals surface area contributed by atoms with Gasteiger partial charge in [0.1, 0.15) is 11.9 Å². The van der Waals surface area contributed by atoms with E-state index in [0.29, 0.717) is 36.5 Å². The molecular formula is C19H18ClFN2O2. The van der Waals surface area contributed by atoms with Crippen LogP contribution in [0.1, 0.15) is 18.4 Å². The van der Waals surface area contributed by atoms with Crippen LogP contribution in [-0.2, 0) is 16.0 Å². The van der Waals surface area contributed by atoms with Gasteiger partial charge in [-0.25, -0.2) is 4.39 Å². The number of hydrogen-bond acceptors (Lipinski definition) is 2. The molecule has 25 heavy (non-hydrogen) atoms. The Bertz CT molecular complexity index is 779. The molecule has 130 valence electrons. The number of carbonyl (C=O) groups excluding carboxylic acids is 2. The summed E-state index contributed by atoms with van der Waals surface area (Å²) in [5.41, 5.74) is 1.57. The zero-order chi connectivity index (χ0) is 17.8. The Balaban J connectivity index is 1.62. The summed E-state index contributed by atoms with van der Waals surface area (Å²) in [6.45, 7) is 0.459. The topological polar surface area (TPSA) is 49.4 Å². The van der Waals surface area contributed by atoms with Crippen molar-refractivity contribution >= 4 is 29.1 Å². The van der Waals surface area contributed by atoms with Gasteiger partial charge in [-0.2, -0.15) is 0 Å². The molecule has 1 aliphatic rings. The molecule has 0 spiro atoms. The van der Waals surface area contributed by atoms with Crippen molar-refractivity contribution in [3.63, 3.8) is 0 Å². The van der Waals surface area contributed by atoms with Gasteiger partial charge in [0.2, 0.25) is 11.8 Å². The average molecular weight is 361 g/mol. The number of amides is 2. The van der Waals surface area contributed by atoms with Gasteiger partial charge in [-0.3, -0.25) is 14.5 Å². The van der Waals surface area contributed by atoms with Crippen molar-refractivity contribution < 1.29 is 14.0 Å². The summed E-state index contributed by atoms with van der Waals surface area (Å²) >= 11 is 5.95. The van der Waals surface area contributed by atoms with E-state index in [-0.39, 0.29) is 17.6 Å². The molecular weight excluding hydrogens is 343 g/mol. The highest BCUT2D eigenvalue weighted by Gasteiger charge is 2.36. The quantitative estimate of drug-likeness (QED) is 0.889. The van der Waals surface area contributed by atoms with Crippen molar-refractivity contribution in [1.82, 2.24) is 5.32 Å². The molecule has 1 heterocycles. The number of carbonyl (C=O) groups is 2. The lowest BCUT2D eigenvalue weighted by atomic mass is 10.1. The molecule has 0 radical (unpaired) electrons. The van der Waals surface area contributed by atoms with Crippen LogP contribution in [0.15, 0.2) is 48.5 Å². The first kappa shape index (κ1) is 17.4. The van der Waals surface area contributed by atoms with E-state index in [0.717, 1.165) is 5.56 Å². The highest BCUT2D eigenvalue weighted by Crippen LogP contribution is 2.27. The molecule has 0 saturated carbocycles. The Morgan fingerprint density at radius 3 is 2.72 bits per heavy atom. The third-order valence-corrected chi connectivity index (χ3v) is 4.46. The third-order valence-electron chi connectivity index (χ3n) is 4.22. The van der Waals surface area contributed by atoms with E-state index in [9.17, 15) is 14.0 Å². The molecule has 1 aliphatic heterocycles. The largest absolute Gasteiger partial charge is 0.354 e. The Kier molecular flexibility index (Phi) is 5.34. The Morgan fingerprint density at radius 1 is 1.24 bits per heavy atom. The Morgan fingerprint density at radius 2 is 2.00 bits per heavy atom. The van der Waals surface area contributed by atoms with Crippen molar-refractivity contribution in [2.75, 3.05) is 11.4 Å². The van der Waals surface area contributed by atoms with Crippen LogP contribution in [0.25, 0.3) is 0 Å². The van der Waals surface area contributed by atoms with Crippen LogP contribution in [0.2, 0.25) is 5.02 Å². The second-order valence-corrected chi connectivity index (χ2v) is 6.40. The van der Waals surface area contributed by atoms with Crippen molar-refractivity contribution in [3.8, 4) is 0 Å². The molecule has 3 rings (SSSR count). The predicted octanol–water partition coefficient (Wildman–Crippen LogP) is 3.33. The molecule has 6 heteroatoms. The maximum Gasteiger partial charge on any atom is 0.243 e. The van der Waals surface area contributed by atoms with Crippen molar-refractivity contribution in [1.29, 1.82) is 0 Å². The van der Waals surface area contributed by atoms with Crippen LogP contribution in [0.5, 0.6) is 0 Å². The summed E-state index contributed by atoms with van der Waals surface area (Å²) in [5.74, 6) is -0.697. The van der Waals surface area contributed by atoms with E-state index in [1.165, 1.54) is 29.2 Å². The van der Waals surface area contributed by atoms with Crippen LogP contribution in [0.3, 0.4) is 0 Å². The minimum absolute atomic E-state index is 0.124. The fourth-order valence-corrected chi connectivity index (χ4v) is 3.21. The molecule has 1 fully saturated rings. The Hall–Kier alpha value is -2.40. The number of anilines is 1. The molecule has 0 aliphatic carbocycles.